The molecule has 0 saturated heterocycles. The Morgan fingerprint density at radius 1 is 1.38 bits per heavy atom. The van der Waals surface area contributed by atoms with E-state index in [4.69, 9.17) is 16.3 Å². The molecule has 16 heavy (non-hydrogen) atoms. The van der Waals surface area contributed by atoms with Gasteiger partial charge in [-0.15, -0.1) is 0 Å². The molecule has 0 aromatic heterocycles. The Kier molecular flexibility index (Phi) is 5.99. The minimum Gasteiger partial charge on any atom is -0.493 e. The first kappa shape index (κ1) is 13.7. The number of anilines is 1. The van der Waals surface area contributed by atoms with E-state index in [-0.39, 0.29) is 0 Å². The van der Waals surface area contributed by atoms with Crippen molar-refractivity contribution in [2.24, 2.45) is 0 Å². The lowest BCUT2D eigenvalue weighted by Crippen LogP contribution is -2.03. The first-order chi connectivity index (χ1) is 7.69. The van der Waals surface area contributed by atoms with E-state index < -0.39 is 0 Å². The van der Waals surface area contributed by atoms with E-state index in [9.17, 15) is 0 Å². The van der Waals surface area contributed by atoms with Crippen molar-refractivity contribution in [3.05, 3.63) is 21.6 Å². The van der Waals surface area contributed by atoms with Crippen molar-refractivity contribution in [1.29, 1.82) is 0 Å². The van der Waals surface area contributed by atoms with E-state index in [2.05, 4.69) is 28.2 Å². The predicted octanol–water partition coefficient (Wildman–Crippen LogP) is 4.71. The third kappa shape index (κ3) is 3.87. The van der Waals surface area contributed by atoms with Crippen LogP contribution in [0, 0.1) is 0 Å². The highest BCUT2D eigenvalue weighted by Crippen LogP contribution is 2.36. The van der Waals surface area contributed by atoms with Gasteiger partial charge in [0.1, 0.15) is 0 Å². The molecule has 0 unspecified atom stereocenters. The Bertz CT molecular complexity index is 344. The second kappa shape index (κ2) is 7.02. The van der Waals surface area contributed by atoms with Crippen molar-refractivity contribution in [2.45, 2.75) is 26.2 Å². The average Bonchev–Trinajstić information content (AvgIpc) is 2.24. The summed E-state index contributed by atoms with van der Waals surface area (Å²) in [5, 5.41) is 4.04. The van der Waals surface area contributed by atoms with Gasteiger partial charge in [-0.3, -0.25) is 0 Å². The van der Waals surface area contributed by atoms with Crippen LogP contribution in [0.1, 0.15) is 26.2 Å². The Hall–Kier alpha value is -0.410. The van der Waals surface area contributed by atoms with E-state index in [1.165, 1.54) is 12.8 Å². The molecule has 0 fully saturated rings. The molecule has 0 aliphatic rings. The minimum atomic E-state index is 0.700. The monoisotopic (exact) mass is 305 g/mol. The SMILES string of the molecule is CCCCCNc1cc(Cl)cc(Br)c1OC. The number of nitrogens with one attached hydrogen (secondary N) is 1. The maximum atomic E-state index is 5.99. The van der Waals surface area contributed by atoms with E-state index in [0.29, 0.717) is 5.02 Å². The third-order valence-corrected chi connectivity index (χ3v) is 3.12. The summed E-state index contributed by atoms with van der Waals surface area (Å²) in [5.41, 5.74) is 0.943. The predicted molar refractivity (Wildman–Crippen MR) is 73.7 cm³/mol. The molecular weight excluding hydrogens is 289 g/mol. The van der Waals surface area contributed by atoms with Gasteiger partial charge in [0.15, 0.2) is 5.75 Å². The second-order valence-corrected chi connectivity index (χ2v) is 4.89. The molecule has 4 heteroatoms. The molecule has 1 aromatic rings. The number of benzene rings is 1. The third-order valence-electron chi connectivity index (χ3n) is 2.31. The fourth-order valence-electron chi connectivity index (χ4n) is 1.50. The van der Waals surface area contributed by atoms with Crippen LogP contribution in [0.2, 0.25) is 5.02 Å². The number of methoxy groups -OCH3 is 1. The largest absolute Gasteiger partial charge is 0.493 e. The van der Waals surface area contributed by atoms with E-state index in [1.807, 2.05) is 12.1 Å². The highest BCUT2D eigenvalue weighted by molar-refractivity contribution is 9.10. The van der Waals surface area contributed by atoms with E-state index in [1.54, 1.807) is 7.11 Å². The summed E-state index contributed by atoms with van der Waals surface area (Å²) < 4.78 is 6.20. The molecule has 0 heterocycles. The van der Waals surface area contributed by atoms with Crippen LogP contribution >= 0.6 is 27.5 Å². The van der Waals surface area contributed by atoms with E-state index >= 15 is 0 Å². The van der Waals surface area contributed by atoms with Crippen LogP contribution in [0.25, 0.3) is 0 Å². The standard InChI is InChI=1S/C12H17BrClNO/c1-3-4-5-6-15-11-8-9(14)7-10(13)12(11)16-2/h7-8,15H,3-6H2,1-2H3. The number of rotatable bonds is 6. The molecule has 0 aliphatic carbocycles. The van der Waals surface area contributed by atoms with Crippen LogP contribution < -0.4 is 10.1 Å². The molecule has 1 N–H and O–H groups in total. The minimum absolute atomic E-state index is 0.700. The summed E-state index contributed by atoms with van der Waals surface area (Å²) in [4.78, 5) is 0. The smallest absolute Gasteiger partial charge is 0.156 e. The number of halogens is 2. The number of hydrogen-bond acceptors (Lipinski definition) is 2. The molecule has 90 valence electrons. The molecule has 0 spiro atoms. The van der Waals surface area contributed by atoms with E-state index in [0.717, 1.165) is 28.9 Å². The van der Waals surface area contributed by atoms with Crippen LogP contribution in [0.15, 0.2) is 16.6 Å². The van der Waals surface area contributed by atoms with Gasteiger partial charge in [0.25, 0.3) is 0 Å². The molecule has 0 amide bonds. The maximum Gasteiger partial charge on any atom is 0.156 e. The quantitative estimate of drug-likeness (QED) is 0.768. The van der Waals surface area contributed by atoms with Crippen molar-refractivity contribution in [1.82, 2.24) is 0 Å². The summed E-state index contributed by atoms with van der Waals surface area (Å²) >= 11 is 9.42. The fourth-order valence-corrected chi connectivity index (χ4v) is 2.47. The van der Waals surface area contributed by atoms with Gasteiger partial charge in [-0.1, -0.05) is 31.4 Å². The Morgan fingerprint density at radius 3 is 2.75 bits per heavy atom. The van der Waals surface area contributed by atoms with Crippen molar-refractivity contribution in [3.8, 4) is 5.75 Å². The van der Waals surface area contributed by atoms with Crippen molar-refractivity contribution >= 4 is 33.2 Å². The molecule has 0 bridgehead atoms. The van der Waals surface area contributed by atoms with Crippen molar-refractivity contribution in [3.63, 3.8) is 0 Å². The van der Waals surface area contributed by atoms with Crippen LogP contribution in [-0.2, 0) is 0 Å². The number of hydrogen-bond donors (Lipinski definition) is 1. The molecule has 1 rings (SSSR count). The molecule has 0 atom stereocenters. The zero-order valence-corrected chi connectivity index (χ0v) is 12.0. The zero-order valence-electron chi connectivity index (χ0n) is 9.65. The first-order valence-electron chi connectivity index (χ1n) is 5.46. The van der Waals surface area contributed by atoms with Gasteiger partial charge in [-0.05, 0) is 34.5 Å². The zero-order chi connectivity index (χ0) is 12.0. The average molecular weight is 307 g/mol. The van der Waals surface area contributed by atoms with Crippen LogP contribution in [0.5, 0.6) is 5.75 Å². The summed E-state index contributed by atoms with van der Waals surface area (Å²) in [6.45, 7) is 3.13. The lowest BCUT2D eigenvalue weighted by Gasteiger charge is -2.13. The highest BCUT2D eigenvalue weighted by Gasteiger charge is 2.08. The summed E-state index contributed by atoms with van der Waals surface area (Å²) in [6, 6.07) is 3.72. The van der Waals surface area contributed by atoms with Gasteiger partial charge >= 0.3 is 0 Å². The summed E-state index contributed by atoms with van der Waals surface area (Å²) in [5.74, 6) is 0.806. The van der Waals surface area contributed by atoms with Crippen molar-refractivity contribution < 1.29 is 4.74 Å². The summed E-state index contributed by atoms with van der Waals surface area (Å²) in [7, 11) is 1.66. The van der Waals surface area contributed by atoms with Crippen LogP contribution in [-0.4, -0.2) is 13.7 Å². The molecule has 0 radical (unpaired) electrons. The molecule has 0 saturated carbocycles. The Morgan fingerprint density at radius 2 is 2.12 bits per heavy atom. The van der Waals surface area contributed by atoms with Gasteiger partial charge in [0.05, 0.1) is 17.3 Å². The second-order valence-electron chi connectivity index (χ2n) is 3.60. The fraction of sp³-hybridized carbons (Fsp3) is 0.500. The highest BCUT2D eigenvalue weighted by atomic mass is 79.9. The molecule has 2 nitrogen and oxygen atoms in total. The maximum absolute atomic E-state index is 5.99. The van der Waals surface area contributed by atoms with Crippen molar-refractivity contribution in [2.75, 3.05) is 19.0 Å². The molecular formula is C12H17BrClNO. The Balaban J connectivity index is 2.69. The number of unbranched alkanes of at least 4 members (excludes halogenated alkanes) is 2. The van der Waals surface area contributed by atoms with Gasteiger partial charge < -0.3 is 10.1 Å². The molecule has 1 aromatic carbocycles. The Labute approximate surface area is 110 Å². The summed E-state index contributed by atoms with van der Waals surface area (Å²) in [6.07, 6.45) is 3.61. The normalized spacial score (nSPS) is 10.2. The molecule has 0 aliphatic heterocycles. The lowest BCUT2D eigenvalue weighted by molar-refractivity contribution is 0.414. The van der Waals surface area contributed by atoms with Gasteiger partial charge in [0, 0.05) is 11.6 Å². The topological polar surface area (TPSA) is 21.3 Å². The lowest BCUT2D eigenvalue weighted by atomic mass is 10.2. The number of ether oxygens (including phenoxy) is 1. The van der Waals surface area contributed by atoms with Gasteiger partial charge in [0.2, 0.25) is 0 Å². The van der Waals surface area contributed by atoms with Crippen LogP contribution in [0.3, 0.4) is 0 Å². The first-order valence-corrected chi connectivity index (χ1v) is 6.63. The van der Waals surface area contributed by atoms with Crippen LogP contribution in [0.4, 0.5) is 5.69 Å². The van der Waals surface area contributed by atoms with Gasteiger partial charge in [-0.2, -0.15) is 0 Å². The van der Waals surface area contributed by atoms with Gasteiger partial charge in [-0.25, -0.2) is 0 Å².